The summed E-state index contributed by atoms with van der Waals surface area (Å²) in [5.74, 6) is -0.525. The van der Waals surface area contributed by atoms with Gasteiger partial charge >= 0.3 is 0 Å². The maximum atomic E-state index is 11.5. The Hall–Kier alpha value is -1.88. The van der Waals surface area contributed by atoms with Crippen LogP contribution in [0.3, 0.4) is 0 Å². The zero-order valence-corrected chi connectivity index (χ0v) is 9.03. The first-order valence-electron chi connectivity index (χ1n) is 4.39. The van der Waals surface area contributed by atoms with Crippen LogP contribution < -0.4 is 5.32 Å². The molecule has 1 amide bonds. The molecule has 0 aliphatic carbocycles. The normalized spacial score (nSPS) is 9.56. The number of amides is 1. The molecule has 1 N–H and O–H groups in total. The number of rotatable bonds is 4. The Kier molecular flexibility index (Phi) is 4.02. The highest BCUT2D eigenvalue weighted by atomic mass is 35.5. The average molecular weight is 241 g/mol. The highest BCUT2D eigenvalue weighted by molar-refractivity contribution is 6.31. The number of nitrogens with zero attached hydrogens (tertiary/aromatic N) is 1. The van der Waals surface area contributed by atoms with E-state index in [2.05, 4.69) is 11.9 Å². The molecule has 0 fully saturated rings. The monoisotopic (exact) mass is 240 g/mol. The lowest BCUT2D eigenvalue weighted by Crippen LogP contribution is -2.24. The minimum atomic E-state index is -0.644. The van der Waals surface area contributed by atoms with Crippen LogP contribution in [0.5, 0.6) is 0 Å². The number of nitro benzene ring substituents is 1. The Bertz CT molecular complexity index is 446. The van der Waals surface area contributed by atoms with Gasteiger partial charge in [0.15, 0.2) is 0 Å². The summed E-state index contributed by atoms with van der Waals surface area (Å²) in [6, 6.07) is 3.89. The van der Waals surface area contributed by atoms with Crippen LogP contribution in [0.25, 0.3) is 0 Å². The molecule has 0 saturated heterocycles. The molecule has 6 heteroatoms. The van der Waals surface area contributed by atoms with E-state index >= 15 is 0 Å². The first kappa shape index (κ1) is 12.2. The van der Waals surface area contributed by atoms with E-state index in [0.29, 0.717) is 0 Å². The Balaban J connectivity index is 3.07. The van der Waals surface area contributed by atoms with Crippen LogP contribution in [0.2, 0.25) is 5.02 Å². The van der Waals surface area contributed by atoms with Crippen molar-refractivity contribution < 1.29 is 9.72 Å². The molecule has 0 bridgehead atoms. The Morgan fingerprint density at radius 2 is 2.31 bits per heavy atom. The molecule has 0 radical (unpaired) electrons. The molecule has 1 aromatic rings. The highest BCUT2D eigenvalue weighted by Crippen LogP contribution is 2.22. The third kappa shape index (κ3) is 2.80. The van der Waals surface area contributed by atoms with E-state index < -0.39 is 10.8 Å². The van der Waals surface area contributed by atoms with Crippen LogP contribution in [-0.2, 0) is 0 Å². The smallest absolute Gasteiger partial charge is 0.283 e. The molecule has 0 aliphatic rings. The number of carbonyl (C=O) groups is 1. The summed E-state index contributed by atoms with van der Waals surface area (Å²) < 4.78 is 0. The Morgan fingerprint density at radius 3 is 2.88 bits per heavy atom. The minimum Gasteiger partial charge on any atom is -0.348 e. The van der Waals surface area contributed by atoms with E-state index in [1.807, 2.05) is 0 Å². The second-order valence-electron chi connectivity index (χ2n) is 2.92. The highest BCUT2D eigenvalue weighted by Gasteiger charge is 2.19. The molecule has 0 atom stereocenters. The van der Waals surface area contributed by atoms with Gasteiger partial charge in [-0.1, -0.05) is 17.7 Å². The first-order valence-corrected chi connectivity index (χ1v) is 4.77. The van der Waals surface area contributed by atoms with Crippen molar-refractivity contribution in [3.05, 3.63) is 51.6 Å². The van der Waals surface area contributed by atoms with Crippen molar-refractivity contribution >= 4 is 23.2 Å². The summed E-state index contributed by atoms with van der Waals surface area (Å²) in [6.07, 6.45) is 1.49. The van der Waals surface area contributed by atoms with Crippen molar-refractivity contribution in [3.8, 4) is 0 Å². The van der Waals surface area contributed by atoms with Crippen molar-refractivity contribution in [1.29, 1.82) is 0 Å². The number of hydrogen-bond acceptors (Lipinski definition) is 3. The predicted molar refractivity (Wildman–Crippen MR) is 60.6 cm³/mol. The van der Waals surface area contributed by atoms with E-state index in [9.17, 15) is 14.9 Å². The third-order valence-electron chi connectivity index (χ3n) is 1.81. The summed E-state index contributed by atoms with van der Waals surface area (Å²) >= 11 is 5.62. The number of carbonyl (C=O) groups excluding carboxylic acids is 1. The molecule has 16 heavy (non-hydrogen) atoms. The van der Waals surface area contributed by atoms with Gasteiger partial charge in [-0.2, -0.15) is 0 Å². The molecule has 0 aromatic heterocycles. The van der Waals surface area contributed by atoms with Gasteiger partial charge in [-0.25, -0.2) is 0 Å². The number of halogens is 1. The van der Waals surface area contributed by atoms with E-state index in [1.165, 1.54) is 18.2 Å². The molecule has 1 aromatic carbocycles. The van der Waals surface area contributed by atoms with Crippen LogP contribution in [-0.4, -0.2) is 17.4 Å². The fraction of sp³-hybridized carbons (Fsp3) is 0.100. The summed E-state index contributed by atoms with van der Waals surface area (Å²) in [5.41, 5.74) is -0.328. The second-order valence-corrected chi connectivity index (χ2v) is 3.35. The van der Waals surface area contributed by atoms with Gasteiger partial charge in [-0.05, 0) is 12.1 Å². The number of benzene rings is 1. The molecule has 1 rings (SSSR count). The number of nitro groups is 1. The lowest BCUT2D eigenvalue weighted by Gasteiger charge is -2.03. The van der Waals surface area contributed by atoms with Gasteiger partial charge in [0.25, 0.3) is 11.6 Å². The van der Waals surface area contributed by atoms with Gasteiger partial charge in [0.05, 0.1) is 4.92 Å². The van der Waals surface area contributed by atoms with E-state index in [0.717, 1.165) is 6.07 Å². The van der Waals surface area contributed by atoms with Crippen molar-refractivity contribution in [3.63, 3.8) is 0 Å². The topological polar surface area (TPSA) is 72.2 Å². The lowest BCUT2D eigenvalue weighted by atomic mass is 10.1. The fourth-order valence-corrected chi connectivity index (χ4v) is 1.27. The lowest BCUT2D eigenvalue weighted by molar-refractivity contribution is -0.385. The van der Waals surface area contributed by atoms with E-state index in [-0.39, 0.29) is 22.8 Å². The molecule has 84 valence electrons. The summed E-state index contributed by atoms with van der Waals surface area (Å²) in [5, 5.41) is 13.4. The van der Waals surface area contributed by atoms with Crippen molar-refractivity contribution in [2.75, 3.05) is 6.54 Å². The molecule has 0 aliphatic heterocycles. The Morgan fingerprint density at radius 1 is 1.62 bits per heavy atom. The maximum absolute atomic E-state index is 11.5. The molecule has 5 nitrogen and oxygen atoms in total. The minimum absolute atomic E-state index is 0.0174. The number of hydrogen-bond donors (Lipinski definition) is 1. The van der Waals surface area contributed by atoms with Crippen LogP contribution in [0.4, 0.5) is 5.69 Å². The molecule has 0 saturated carbocycles. The van der Waals surface area contributed by atoms with Crippen molar-refractivity contribution in [2.45, 2.75) is 0 Å². The summed E-state index contributed by atoms with van der Waals surface area (Å²) in [7, 11) is 0. The van der Waals surface area contributed by atoms with Gasteiger partial charge in [0, 0.05) is 17.6 Å². The van der Waals surface area contributed by atoms with Gasteiger partial charge in [-0.15, -0.1) is 6.58 Å². The van der Waals surface area contributed by atoms with E-state index in [1.54, 1.807) is 0 Å². The van der Waals surface area contributed by atoms with Gasteiger partial charge in [0.1, 0.15) is 5.56 Å². The van der Waals surface area contributed by atoms with Gasteiger partial charge in [-0.3, -0.25) is 14.9 Å². The number of nitrogens with one attached hydrogen (secondary N) is 1. The largest absolute Gasteiger partial charge is 0.348 e. The predicted octanol–water partition coefficient (Wildman–Crippen LogP) is 2.16. The summed E-state index contributed by atoms with van der Waals surface area (Å²) in [6.45, 7) is 3.68. The maximum Gasteiger partial charge on any atom is 0.283 e. The zero-order chi connectivity index (χ0) is 12.1. The van der Waals surface area contributed by atoms with Crippen LogP contribution in [0.1, 0.15) is 10.4 Å². The van der Waals surface area contributed by atoms with Crippen molar-refractivity contribution in [2.24, 2.45) is 0 Å². The van der Waals surface area contributed by atoms with Crippen LogP contribution >= 0.6 is 11.6 Å². The molecule has 0 unspecified atom stereocenters. The fourth-order valence-electron chi connectivity index (χ4n) is 1.11. The SMILES string of the molecule is C=CCNC(=O)c1ccc(Cl)cc1[N+](=O)[O-]. The van der Waals surface area contributed by atoms with E-state index in [4.69, 9.17) is 11.6 Å². The van der Waals surface area contributed by atoms with Crippen molar-refractivity contribution in [1.82, 2.24) is 5.32 Å². The summed E-state index contributed by atoms with van der Waals surface area (Å²) in [4.78, 5) is 21.6. The molecular weight excluding hydrogens is 232 g/mol. The molecule has 0 heterocycles. The standard InChI is InChI=1S/C10H9ClN2O3/c1-2-5-12-10(14)8-4-3-7(11)6-9(8)13(15)16/h2-4,6H,1,5H2,(H,12,14). The van der Waals surface area contributed by atoms with Crippen LogP contribution in [0, 0.1) is 10.1 Å². The third-order valence-corrected chi connectivity index (χ3v) is 2.04. The Labute approximate surface area is 96.9 Å². The van der Waals surface area contributed by atoms with Gasteiger partial charge in [0.2, 0.25) is 0 Å². The van der Waals surface area contributed by atoms with Crippen LogP contribution in [0.15, 0.2) is 30.9 Å². The first-order chi connectivity index (χ1) is 7.56. The average Bonchev–Trinajstić information content (AvgIpc) is 2.25. The quantitative estimate of drug-likeness (QED) is 0.498. The second kappa shape index (κ2) is 5.27. The van der Waals surface area contributed by atoms with Gasteiger partial charge < -0.3 is 5.32 Å². The molecule has 0 spiro atoms. The molecular formula is C10H9ClN2O3. The zero-order valence-electron chi connectivity index (χ0n) is 8.27.